The maximum Gasteiger partial charge on any atom is 0.163 e. The van der Waals surface area contributed by atoms with Crippen LogP contribution in [-0.4, -0.2) is 0 Å². The van der Waals surface area contributed by atoms with E-state index < -0.39 is 18.3 Å². The van der Waals surface area contributed by atoms with Crippen LogP contribution >= 0.6 is 0 Å². The lowest BCUT2D eigenvalue weighted by atomic mass is 10.1. The highest BCUT2D eigenvalue weighted by Gasteiger charge is 2.08. The van der Waals surface area contributed by atoms with E-state index in [0.717, 1.165) is 6.07 Å². The second kappa shape index (κ2) is 3.58. The van der Waals surface area contributed by atoms with Crippen molar-refractivity contribution in [3.05, 3.63) is 34.9 Å². The number of halogens is 3. The molecule has 0 bridgehead atoms. The molecule has 1 rings (SSSR count). The number of benzene rings is 1. The summed E-state index contributed by atoms with van der Waals surface area (Å²) in [6.07, 6.45) is 0. The van der Waals surface area contributed by atoms with Crippen molar-refractivity contribution in [2.45, 2.75) is 13.2 Å². The number of hydrogen-bond donors (Lipinski definition) is 1. The summed E-state index contributed by atoms with van der Waals surface area (Å²) in [6.45, 7) is -0.944. The van der Waals surface area contributed by atoms with Gasteiger partial charge in [-0.2, -0.15) is 0 Å². The standard InChI is InChI=1S/C8H8F3N/c9-3-5-1-6(4-12)8(11)7(10)2-5/h1-2H,3-4,12H2. The zero-order valence-corrected chi connectivity index (χ0v) is 6.28. The van der Waals surface area contributed by atoms with Crippen molar-refractivity contribution < 1.29 is 13.2 Å². The molecule has 1 nitrogen and oxygen atoms in total. The SMILES string of the molecule is NCc1cc(CF)cc(F)c1F. The van der Waals surface area contributed by atoms with Crippen LogP contribution in [-0.2, 0) is 13.2 Å². The largest absolute Gasteiger partial charge is 0.326 e. The normalized spacial score (nSPS) is 10.3. The Kier molecular flexibility index (Phi) is 2.70. The van der Waals surface area contributed by atoms with Crippen molar-refractivity contribution in [2.75, 3.05) is 0 Å². The highest BCUT2D eigenvalue weighted by atomic mass is 19.2. The first-order valence-corrected chi connectivity index (χ1v) is 3.42. The van der Waals surface area contributed by atoms with Gasteiger partial charge in [0.25, 0.3) is 0 Å². The molecule has 1 aromatic carbocycles. The van der Waals surface area contributed by atoms with Crippen molar-refractivity contribution in [1.82, 2.24) is 0 Å². The molecule has 0 saturated carbocycles. The third kappa shape index (κ3) is 1.58. The van der Waals surface area contributed by atoms with Gasteiger partial charge in [-0.3, -0.25) is 0 Å². The maximum atomic E-state index is 12.7. The summed E-state index contributed by atoms with van der Waals surface area (Å²) in [5, 5.41) is 0. The lowest BCUT2D eigenvalue weighted by Crippen LogP contribution is -2.03. The Bertz CT molecular complexity index is 286. The van der Waals surface area contributed by atoms with E-state index >= 15 is 0 Å². The van der Waals surface area contributed by atoms with Crippen molar-refractivity contribution in [2.24, 2.45) is 5.73 Å². The average molecular weight is 175 g/mol. The Hall–Kier alpha value is -1.03. The molecule has 0 heterocycles. The Labute approximate surface area is 68.0 Å². The van der Waals surface area contributed by atoms with Gasteiger partial charge in [0.2, 0.25) is 0 Å². The van der Waals surface area contributed by atoms with E-state index in [9.17, 15) is 13.2 Å². The summed E-state index contributed by atoms with van der Waals surface area (Å²) in [5.41, 5.74) is 5.22. The topological polar surface area (TPSA) is 26.0 Å². The van der Waals surface area contributed by atoms with Gasteiger partial charge in [0.15, 0.2) is 11.6 Å². The van der Waals surface area contributed by atoms with Gasteiger partial charge in [-0.15, -0.1) is 0 Å². The Morgan fingerprint density at radius 3 is 2.42 bits per heavy atom. The fourth-order valence-electron chi connectivity index (χ4n) is 0.934. The van der Waals surface area contributed by atoms with E-state index in [-0.39, 0.29) is 17.7 Å². The van der Waals surface area contributed by atoms with Gasteiger partial charge in [-0.1, -0.05) is 0 Å². The maximum absolute atomic E-state index is 12.7. The fourth-order valence-corrected chi connectivity index (χ4v) is 0.934. The predicted octanol–water partition coefficient (Wildman–Crippen LogP) is 1.89. The van der Waals surface area contributed by atoms with E-state index in [2.05, 4.69) is 0 Å². The fraction of sp³-hybridized carbons (Fsp3) is 0.250. The summed E-state index contributed by atoms with van der Waals surface area (Å²) in [7, 11) is 0. The van der Waals surface area contributed by atoms with Gasteiger partial charge in [0.1, 0.15) is 6.67 Å². The summed E-state index contributed by atoms with van der Waals surface area (Å²) in [6, 6.07) is 2.05. The van der Waals surface area contributed by atoms with Gasteiger partial charge in [0, 0.05) is 12.1 Å². The molecule has 0 aliphatic heterocycles. The quantitative estimate of drug-likeness (QED) is 0.729. The zero-order chi connectivity index (χ0) is 9.14. The highest BCUT2D eigenvalue weighted by molar-refractivity contribution is 5.25. The van der Waals surface area contributed by atoms with Crippen molar-refractivity contribution in [3.8, 4) is 0 Å². The van der Waals surface area contributed by atoms with Gasteiger partial charge >= 0.3 is 0 Å². The van der Waals surface area contributed by atoms with Crippen LogP contribution in [0.1, 0.15) is 11.1 Å². The monoisotopic (exact) mass is 175 g/mol. The molecular formula is C8H8F3N. The van der Waals surface area contributed by atoms with Crippen LogP contribution in [0.3, 0.4) is 0 Å². The van der Waals surface area contributed by atoms with Crippen molar-refractivity contribution >= 4 is 0 Å². The minimum atomic E-state index is -1.05. The van der Waals surface area contributed by atoms with E-state index in [0.29, 0.717) is 0 Å². The van der Waals surface area contributed by atoms with E-state index in [1.165, 1.54) is 6.07 Å². The van der Waals surface area contributed by atoms with Crippen LogP contribution in [0.4, 0.5) is 13.2 Å². The lowest BCUT2D eigenvalue weighted by Gasteiger charge is -2.02. The first-order chi connectivity index (χ1) is 5.69. The Balaban J connectivity index is 3.19. The summed E-state index contributed by atoms with van der Waals surface area (Å²) < 4.78 is 37.4. The number of rotatable bonds is 2. The van der Waals surface area contributed by atoms with Gasteiger partial charge < -0.3 is 5.73 Å². The van der Waals surface area contributed by atoms with Gasteiger partial charge in [0.05, 0.1) is 0 Å². The molecule has 0 saturated heterocycles. The van der Waals surface area contributed by atoms with Gasteiger partial charge in [-0.25, -0.2) is 13.2 Å². The van der Waals surface area contributed by atoms with Crippen LogP contribution in [0.15, 0.2) is 12.1 Å². The lowest BCUT2D eigenvalue weighted by molar-refractivity contribution is 0.468. The molecule has 2 N–H and O–H groups in total. The molecule has 1 aromatic rings. The van der Waals surface area contributed by atoms with Crippen LogP contribution in [0, 0.1) is 11.6 Å². The second-order valence-corrected chi connectivity index (χ2v) is 2.39. The molecule has 0 amide bonds. The molecule has 0 aliphatic rings. The van der Waals surface area contributed by atoms with Gasteiger partial charge in [-0.05, 0) is 17.7 Å². The van der Waals surface area contributed by atoms with Crippen LogP contribution < -0.4 is 5.73 Å². The molecule has 0 radical (unpaired) electrons. The minimum absolute atomic E-state index is 0.00245. The molecule has 0 aromatic heterocycles. The van der Waals surface area contributed by atoms with E-state index in [1.807, 2.05) is 0 Å². The summed E-state index contributed by atoms with van der Waals surface area (Å²) in [5.74, 6) is -2.04. The van der Waals surface area contributed by atoms with Crippen molar-refractivity contribution in [1.29, 1.82) is 0 Å². The Morgan fingerprint density at radius 1 is 1.25 bits per heavy atom. The molecular weight excluding hydrogens is 167 g/mol. The number of hydrogen-bond acceptors (Lipinski definition) is 1. The first kappa shape index (κ1) is 9.06. The Morgan fingerprint density at radius 2 is 1.92 bits per heavy atom. The third-order valence-electron chi connectivity index (χ3n) is 1.54. The molecule has 0 aliphatic carbocycles. The van der Waals surface area contributed by atoms with Crippen molar-refractivity contribution in [3.63, 3.8) is 0 Å². The molecule has 0 atom stereocenters. The van der Waals surface area contributed by atoms with E-state index in [1.54, 1.807) is 0 Å². The van der Waals surface area contributed by atoms with Crippen LogP contribution in [0.2, 0.25) is 0 Å². The molecule has 4 heteroatoms. The third-order valence-corrected chi connectivity index (χ3v) is 1.54. The molecule has 0 fully saturated rings. The molecule has 12 heavy (non-hydrogen) atoms. The predicted molar refractivity (Wildman–Crippen MR) is 39.1 cm³/mol. The van der Waals surface area contributed by atoms with Crippen LogP contribution in [0.5, 0.6) is 0 Å². The minimum Gasteiger partial charge on any atom is -0.326 e. The summed E-state index contributed by atoms with van der Waals surface area (Å²) in [4.78, 5) is 0. The zero-order valence-electron chi connectivity index (χ0n) is 6.28. The van der Waals surface area contributed by atoms with Crippen LogP contribution in [0.25, 0.3) is 0 Å². The smallest absolute Gasteiger partial charge is 0.163 e. The number of alkyl halides is 1. The first-order valence-electron chi connectivity index (χ1n) is 3.42. The highest BCUT2D eigenvalue weighted by Crippen LogP contribution is 2.15. The average Bonchev–Trinajstić information content (AvgIpc) is 2.09. The molecule has 0 unspecified atom stereocenters. The molecule has 66 valence electrons. The van der Waals surface area contributed by atoms with E-state index in [4.69, 9.17) is 5.73 Å². The second-order valence-electron chi connectivity index (χ2n) is 2.39. The number of nitrogens with two attached hydrogens (primary N) is 1. The molecule has 0 spiro atoms. The summed E-state index contributed by atoms with van der Waals surface area (Å²) >= 11 is 0.